The van der Waals surface area contributed by atoms with E-state index in [4.69, 9.17) is 23.2 Å². The number of likely N-dealkylation sites (tertiary alicyclic amines) is 1. The summed E-state index contributed by atoms with van der Waals surface area (Å²) in [6, 6.07) is 14.8. The summed E-state index contributed by atoms with van der Waals surface area (Å²) in [5, 5.41) is 2.63. The van der Waals surface area contributed by atoms with Crippen molar-refractivity contribution in [2.45, 2.75) is 25.9 Å². The van der Waals surface area contributed by atoms with Crippen LogP contribution in [0.15, 0.2) is 60.0 Å². The van der Waals surface area contributed by atoms with Crippen LogP contribution in [0.2, 0.25) is 10.0 Å². The number of benzene rings is 2. The average molecular weight is 549 g/mol. The Balaban J connectivity index is 1.53. The molecule has 1 aliphatic rings. The van der Waals surface area contributed by atoms with Gasteiger partial charge in [-0.25, -0.2) is 4.39 Å². The Bertz CT molecular complexity index is 1170. The predicted molar refractivity (Wildman–Crippen MR) is 143 cm³/mol. The summed E-state index contributed by atoms with van der Waals surface area (Å²) in [5.41, 5.74) is 1.21. The van der Waals surface area contributed by atoms with E-state index >= 15 is 0 Å². The van der Waals surface area contributed by atoms with Crippen LogP contribution in [0, 0.1) is 5.82 Å². The van der Waals surface area contributed by atoms with E-state index in [0.717, 1.165) is 36.4 Å². The molecule has 2 aromatic carbocycles. The number of thiophene rings is 1. The number of carbonyl (C=O) groups is 2. The second-order valence-corrected chi connectivity index (χ2v) is 10.7. The zero-order chi connectivity index (χ0) is 25.5. The summed E-state index contributed by atoms with van der Waals surface area (Å²) in [6.45, 7) is 3.78. The number of amides is 2. The molecule has 0 radical (unpaired) electrons. The molecule has 0 bridgehead atoms. The number of hydrogen-bond acceptors (Lipinski definition) is 4. The second kappa shape index (κ2) is 12.7. The first-order chi connectivity index (χ1) is 17.4. The highest BCUT2D eigenvalue weighted by Gasteiger charge is 2.25. The molecule has 0 N–H and O–H groups in total. The average Bonchev–Trinajstić information content (AvgIpc) is 3.58. The van der Waals surface area contributed by atoms with Crippen molar-refractivity contribution in [3.05, 3.63) is 91.8 Å². The molecule has 1 aromatic heterocycles. The molecule has 9 heteroatoms. The Kier molecular flexibility index (Phi) is 9.37. The number of halogens is 3. The van der Waals surface area contributed by atoms with Gasteiger partial charge in [-0.2, -0.15) is 0 Å². The van der Waals surface area contributed by atoms with Crippen LogP contribution in [-0.4, -0.2) is 59.2 Å². The SMILES string of the molecule is O=C(CN(CCN1CCCC1)C(=O)c1ccc(Cl)c(Cl)c1)N(Cc1ccc(F)cc1)Cc1cccs1. The lowest BCUT2D eigenvalue weighted by atomic mass is 10.2. The maximum Gasteiger partial charge on any atom is 0.254 e. The van der Waals surface area contributed by atoms with Crippen molar-refractivity contribution in [2.75, 3.05) is 32.7 Å². The van der Waals surface area contributed by atoms with E-state index in [-0.39, 0.29) is 24.2 Å². The molecule has 0 atom stereocenters. The van der Waals surface area contributed by atoms with Crippen LogP contribution in [0.5, 0.6) is 0 Å². The minimum atomic E-state index is -0.324. The topological polar surface area (TPSA) is 43.9 Å². The van der Waals surface area contributed by atoms with Gasteiger partial charge in [0.25, 0.3) is 5.91 Å². The third-order valence-corrected chi connectivity index (χ3v) is 7.83. The molecule has 1 saturated heterocycles. The van der Waals surface area contributed by atoms with Gasteiger partial charge < -0.3 is 14.7 Å². The molecule has 4 rings (SSSR count). The second-order valence-electron chi connectivity index (χ2n) is 8.86. The molecule has 2 amide bonds. The zero-order valence-electron chi connectivity index (χ0n) is 19.8. The first-order valence-electron chi connectivity index (χ1n) is 11.9. The number of carbonyl (C=O) groups excluding carboxylic acids is 2. The van der Waals surface area contributed by atoms with Gasteiger partial charge in [-0.1, -0.05) is 41.4 Å². The van der Waals surface area contributed by atoms with E-state index in [2.05, 4.69) is 4.90 Å². The molecule has 0 spiro atoms. The van der Waals surface area contributed by atoms with Gasteiger partial charge in [0.2, 0.25) is 5.91 Å². The summed E-state index contributed by atoms with van der Waals surface area (Å²) in [4.78, 5) is 33.7. The van der Waals surface area contributed by atoms with Crippen LogP contribution in [0.1, 0.15) is 33.6 Å². The van der Waals surface area contributed by atoms with E-state index in [1.807, 2.05) is 17.5 Å². The molecule has 1 aliphatic heterocycles. The molecular weight excluding hydrogens is 520 g/mol. The Morgan fingerprint density at radius 1 is 0.944 bits per heavy atom. The minimum absolute atomic E-state index is 0.0700. The van der Waals surface area contributed by atoms with Gasteiger partial charge in [-0.15, -0.1) is 11.3 Å². The lowest BCUT2D eigenvalue weighted by molar-refractivity contribution is -0.133. The van der Waals surface area contributed by atoms with Crippen LogP contribution in [0.25, 0.3) is 0 Å². The minimum Gasteiger partial charge on any atom is -0.332 e. The fourth-order valence-electron chi connectivity index (χ4n) is 4.23. The number of rotatable bonds is 10. The van der Waals surface area contributed by atoms with Gasteiger partial charge in [0.1, 0.15) is 12.4 Å². The summed E-state index contributed by atoms with van der Waals surface area (Å²) < 4.78 is 13.4. The van der Waals surface area contributed by atoms with Crippen LogP contribution in [0.4, 0.5) is 4.39 Å². The highest BCUT2D eigenvalue weighted by atomic mass is 35.5. The smallest absolute Gasteiger partial charge is 0.254 e. The molecule has 36 heavy (non-hydrogen) atoms. The Hall–Kier alpha value is -2.45. The Morgan fingerprint density at radius 2 is 1.69 bits per heavy atom. The van der Waals surface area contributed by atoms with Gasteiger partial charge in [-0.3, -0.25) is 9.59 Å². The van der Waals surface area contributed by atoms with Gasteiger partial charge >= 0.3 is 0 Å². The predicted octanol–water partition coefficient (Wildman–Crippen LogP) is 5.96. The van der Waals surface area contributed by atoms with Crippen LogP contribution in [-0.2, 0) is 17.9 Å². The molecule has 5 nitrogen and oxygen atoms in total. The molecule has 3 aromatic rings. The molecule has 190 valence electrons. The fraction of sp³-hybridized carbons (Fsp3) is 0.333. The lowest BCUT2D eigenvalue weighted by Crippen LogP contribution is -2.45. The third kappa shape index (κ3) is 7.29. The normalized spacial score (nSPS) is 13.6. The van der Waals surface area contributed by atoms with Crippen molar-refractivity contribution in [1.82, 2.24) is 14.7 Å². The number of nitrogens with zero attached hydrogens (tertiary/aromatic N) is 3. The molecule has 2 heterocycles. The molecule has 0 aliphatic carbocycles. The van der Waals surface area contributed by atoms with E-state index in [1.54, 1.807) is 51.5 Å². The van der Waals surface area contributed by atoms with Gasteiger partial charge in [0.05, 0.1) is 16.6 Å². The standard InChI is InChI=1S/C27H28Cl2FN3O2S/c28-24-10-7-21(16-25(24)29)27(35)32(14-13-31-11-1-2-12-31)19-26(34)33(18-23-4-3-15-36-23)17-20-5-8-22(30)9-6-20/h3-10,15-16H,1-2,11-14,17-19H2. The maximum absolute atomic E-state index is 13.6. The quantitative estimate of drug-likeness (QED) is 0.314. The maximum atomic E-state index is 13.6. The first kappa shape index (κ1) is 26.6. The summed E-state index contributed by atoms with van der Waals surface area (Å²) in [6.07, 6.45) is 2.29. The molecular formula is C27H28Cl2FN3O2S. The van der Waals surface area contributed by atoms with Gasteiger partial charge in [0.15, 0.2) is 0 Å². The highest BCUT2D eigenvalue weighted by molar-refractivity contribution is 7.09. The Labute approximate surface area is 225 Å². The molecule has 1 fully saturated rings. The molecule has 0 saturated carbocycles. The van der Waals surface area contributed by atoms with Gasteiger partial charge in [0, 0.05) is 30.1 Å². The summed E-state index contributed by atoms with van der Waals surface area (Å²) >= 11 is 13.8. The van der Waals surface area contributed by atoms with E-state index < -0.39 is 0 Å². The molecule has 0 unspecified atom stereocenters. The fourth-order valence-corrected chi connectivity index (χ4v) is 5.25. The highest BCUT2D eigenvalue weighted by Crippen LogP contribution is 2.24. The van der Waals surface area contributed by atoms with E-state index in [9.17, 15) is 14.0 Å². The van der Waals surface area contributed by atoms with Crippen molar-refractivity contribution in [3.8, 4) is 0 Å². The van der Waals surface area contributed by atoms with Crippen molar-refractivity contribution >= 4 is 46.4 Å². The third-order valence-electron chi connectivity index (χ3n) is 6.23. The number of hydrogen-bond donors (Lipinski definition) is 0. The summed E-state index contributed by atoms with van der Waals surface area (Å²) in [5.74, 6) is -0.767. The van der Waals surface area contributed by atoms with Crippen molar-refractivity contribution in [2.24, 2.45) is 0 Å². The zero-order valence-corrected chi connectivity index (χ0v) is 22.2. The van der Waals surface area contributed by atoms with E-state index in [1.165, 1.54) is 12.1 Å². The van der Waals surface area contributed by atoms with Crippen molar-refractivity contribution in [1.29, 1.82) is 0 Å². The van der Waals surface area contributed by atoms with Crippen LogP contribution >= 0.6 is 34.5 Å². The lowest BCUT2D eigenvalue weighted by Gasteiger charge is -2.29. The van der Waals surface area contributed by atoms with Crippen LogP contribution in [0.3, 0.4) is 0 Å². The largest absolute Gasteiger partial charge is 0.332 e. The van der Waals surface area contributed by atoms with Crippen molar-refractivity contribution < 1.29 is 14.0 Å². The monoisotopic (exact) mass is 547 g/mol. The van der Waals surface area contributed by atoms with Crippen LogP contribution < -0.4 is 0 Å². The van der Waals surface area contributed by atoms with E-state index in [0.29, 0.717) is 41.8 Å². The first-order valence-corrected chi connectivity index (χ1v) is 13.5. The van der Waals surface area contributed by atoms with Crippen molar-refractivity contribution in [3.63, 3.8) is 0 Å². The summed E-state index contributed by atoms with van der Waals surface area (Å²) in [7, 11) is 0. The van der Waals surface area contributed by atoms with Gasteiger partial charge in [-0.05, 0) is 73.3 Å². The Morgan fingerprint density at radius 3 is 2.36 bits per heavy atom.